The first-order valence-electron chi connectivity index (χ1n) is 7.46. The summed E-state index contributed by atoms with van der Waals surface area (Å²) in [6, 6.07) is 6.68. The fourth-order valence-corrected chi connectivity index (χ4v) is 2.25. The number of nitrogens with two attached hydrogens (primary N) is 1. The molecule has 0 bridgehead atoms. The molecule has 2 N–H and O–H groups in total. The van der Waals surface area contributed by atoms with Crippen molar-refractivity contribution in [3.8, 4) is 0 Å². The summed E-state index contributed by atoms with van der Waals surface area (Å²) in [5, 5.41) is 2.86. The molecule has 1 aromatic carbocycles. The molecule has 2 rings (SSSR count). The van der Waals surface area contributed by atoms with Crippen LogP contribution >= 0.6 is 0 Å². The lowest BCUT2D eigenvalue weighted by atomic mass is 10.1. The Bertz CT molecular complexity index is 549. The highest BCUT2D eigenvalue weighted by Crippen LogP contribution is 2.19. The third kappa shape index (κ3) is 3.90. The second-order valence-electron chi connectivity index (χ2n) is 6.36. The van der Waals surface area contributed by atoms with Crippen LogP contribution in [0.5, 0.6) is 0 Å². The number of ether oxygens (including phenoxy) is 1. The van der Waals surface area contributed by atoms with E-state index in [-0.39, 0.29) is 5.91 Å². The third-order valence-corrected chi connectivity index (χ3v) is 3.28. The van der Waals surface area contributed by atoms with E-state index in [0.29, 0.717) is 24.3 Å². The van der Waals surface area contributed by atoms with E-state index in [0.717, 1.165) is 12.8 Å². The molecule has 1 saturated heterocycles. The zero-order chi connectivity index (χ0) is 16.3. The molecule has 1 aromatic rings. The van der Waals surface area contributed by atoms with Gasteiger partial charge in [0.1, 0.15) is 5.60 Å². The molecular formula is C16H23N3O3. The fraction of sp³-hybridized carbons (Fsp3) is 0.500. The maximum Gasteiger partial charge on any atom is 0.429 e. The third-order valence-electron chi connectivity index (χ3n) is 3.28. The topological polar surface area (TPSA) is 75.9 Å². The van der Waals surface area contributed by atoms with Gasteiger partial charge in [0.15, 0.2) is 0 Å². The Balaban J connectivity index is 2.17. The molecule has 0 aliphatic carbocycles. The first-order chi connectivity index (χ1) is 10.3. The Hall–Kier alpha value is -2.24. The number of nitrogens with zero attached hydrogens (tertiary/aromatic N) is 2. The van der Waals surface area contributed by atoms with E-state index in [1.807, 2.05) is 0 Å². The maximum absolute atomic E-state index is 12.6. The number of carbonyl (C=O) groups excluding carboxylic acids is 2. The summed E-state index contributed by atoms with van der Waals surface area (Å²) < 4.78 is 5.39. The molecule has 0 saturated carbocycles. The second-order valence-corrected chi connectivity index (χ2v) is 6.36. The smallest absolute Gasteiger partial charge is 0.429 e. The molecule has 0 aromatic heterocycles. The number of nitrogen functional groups attached to an aromatic ring is 1. The average Bonchev–Trinajstić information content (AvgIpc) is 2.45. The van der Waals surface area contributed by atoms with Crippen molar-refractivity contribution < 1.29 is 14.3 Å². The lowest BCUT2D eigenvalue weighted by molar-refractivity contribution is -0.0504. The zero-order valence-electron chi connectivity index (χ0n) is 13.3. The van der Waals surface area contributed by atoms with E-state index >= 15 is 0 Å². The number of hydrazine groups is 1. The largest absolute Gasteiger partial charge is 0.442 e. The summed E-state index contributed by atoms with van der Waals surface area (Å²) >= 11 is 0. The molecule has 22 heavy (non-hydrogen) atoms. The molecular weight excluding hydrogens is 282 g/mol. The van der Waals surface area contributed by atoms with Gasteiger partial charge >= 0.3 is 6.09 Å². The summed E-state index contributed by atoms with van der Waals surface area (Å²) in [5.41, 5.74) is 6.15. The van der Waals surface area contributed by atoms with Gasteiger partial charge in [-0.15, -0.1) is 0 Å². The highest BCUT2D eigenvalue weighted by molar-refractivity contribution is 5.95. The first kappa shape index (κ1) is 16.1. The highest BCUT2D eigenvalue weighted by Gasteiger charge is 2.32. The Morgan fingerprint density at radius 1 is 1.05 bits per heavy atom. The predicted molar refractivity (Wildman–Crippen MR) is 84.1 cm³/mol. The van der Waals surface area contributed by atoms with Gasteiger partial charge in [-0.1, -0.05) is 0 Å². The number of anilines is 1. The first-order valence-corrected chi connectivity index (χ1v) is 7.46. The molecule has 1 aliphatic heterocycles. The van der Waals surface area contributed by atoms with Crippen LogP contribution in [-0.4, -0.2) is 40.7 Å². The van der Waals surface area contributed by atoms with Gasteiger partial charge in [-0.2, -0.15) is 0 Å². The van der Waals surface area contributed by atoms with Gasteiger partial charge in [0.25, 0.3) is 5.91 Å². The van der Waals surface area contributed by atoms with Crippen molar-refractivity contribution in [2.24, 2.45) is 0 Å². The molecule has 2 amide bonds. The summed E-state index contributed by atoms with van der Waals surface area (Å²) in [6.07, 6.45) is 1.22. The summed E-state index contributed by atoms with van der Waals surface area (Å²) in [7, 11) is 0. The molecule has 6 heteroatoms. The Labute approximate surface area is 130 Å². The van der Waals surface area contributed by atoms with Crippen LogP contribution in [-0.2, 0) is 4.74 Å². The van der Waals surface area contributed by atoms with Crippen molar-refractivity contribution in [2.75, 3.05) is 18.8 Å². The van der Waals surface area contributed by atoms with Crippen LogP contribution in [0.2, 0.25) is 0 Å². The Kier molecular flexibility index (Phi) is 4.59. The van der Waals surface area contributed by atoms with Crippen LogP contribution in [0, 0.1) is 0 Å². The Morgan fingerprint density at radius 3 is 2.14 bits per heavy atom. The molecule has 1 fully saturated rings. The maximum atomic E-state index is 12.6. The van der Waals surface area contributed by atoms with Crippen molar-refractivity contribution in [1.82, 2.24) is 10.0 Å². The number of benzene rings is 1. The van der Waals surface area contributed by atoms with E-state index in [9.17, 15) is 9.59 Å². The van der Waals surface area contributed by atoms with Crippen molar-refractivity contribution >= 4 is 17.7 Å². The second kappa shape index (κ2) is 6.25. The van der Waals surface area contributed by atoms with E-state index in [1.54, 1.807) is 45.0 Å². The van der Waals surface area contributed by atoms with Gasteiger partial charge in [-0.3, -0.25) is 4.79 Å². The van der Waals surface area contributed by atoms with Crippen molar-refractivity contribution in [2.45, 2.75) is 39.2 Å². The van der Waals surface area contributed by atoms with Crippen LogP contribution < -0.4 is 5.73 Å². The molecule has 0 spiro atoms. The monoisotopic (exact) mass is 305 g/mol. The van der Waals surface area contributed by atoms with Crippen LogP contribution in [0.25, 0.3) is 0 Å². The van der Waals surface area contributed by atoms with Gasteiger partial charge in [0.2, 0.25) is 0 Å². The predicted octanol–water partition coefficient (Wildman–Crippen LogP) is 2.66. The van der Waals surface area contributed by atoms with E-state index in [2.05, 4.69) is 0 Å². The average molecular weight is 305 g/mol. The zero-order valence-corrected chi connectivity index (χ0v) is 13.3. The lowest BCUT2D eigenvalue weighted by Gasteiger charge is -2.39. The van der Waals surface area contributed by atoms with Crippen LogP contribution in [0.3, 0.4) is 0 Å². The molecule has 6 nitrogen and oxygen atoms in total. The van der Waals surface area contributed by atoms with Crippen LogP contribution in [0.4, 0.5) is 10.5 Å². The van der Waals surface area contributed by atoms with E-state index < -0.39 is 11.7 Å². The molecule has 0 radical (unpaired) electrons. The standard InChI is InChI=1S/C16H23N3O3/c1-16(2,3)22-15(21)19-11-5-4-10-18(19)14(20)12-6-8-13(17)9-7-12/h6-9H,4-5,10-11,17H2,1-3H3. The SMILES string of the molecule is CC(C)(C)OC(=O)N1CCCCN1C(=O)c1ccc(N)cc1. The number of hydrogen-bond acceptors (Lipinski definition) is 4. The molecule has 120 valence electrons. The van der Waals surface area contributed by atoms with Gasteiger partial charge in [0, 0.05) is 24.3 Å². The number of rotatable bonds is 1. The van der Waals surface area contributed by atoms with Crippen LogP contribution in [0.1, 0.15) is 44.0 Å². The normalized spacial score (nSPS) is 15.6. The van der Waals surface area contributed by atoms with Gasteiger partial charge in [-0.25, -0.2) is 14.8 Å². The minimum atomic E-state index is -0.593. The minimum Gasteiger partial charge on any atom is -0.442 e. The summed E-state index contributed by atoms with van der Waals surface area (Å²) in [5.74, 6) is -0.217. The lowest BCUT2D eigenvalue weighted by Crippen LogP contribution is -2.54. The number of hydrogen-bond donors (Lipinski definition) is 1. The molecule has 1 heterocycles. The van der Waals surface area contributed by atoms with E-state index in [1.165, 1.54) is 10.0 Å². The number of carbonyl (C=O) groups is 2. The number of amides is 2. The van der Waals surface area contributed by atoms with Gasteiger partial charge in [-0.05, 0) is 57.9 Å². The minimum absolute atomic E-state index is 0.217. The van der Waals surface area contributed by atoms with Crippen molar-refractivity contribution in [3.63, 3.8) is 0 Å². The highest BCUT2D eigenvalue weighted by atomic mass is 16.6. The van der Waals surface area contributed by atoms with E-state index in [4.69, 9.17) is 10.5 Å². The van der Waals surface area contributed by atoms with Crippen molar-refractivity contribution in [1.29, 1.82) is 0 Å². The van der Waals surface area contributed by atoms with Gasteiger partial charge in [0.05, 0.1) is 0 Å². The Morgan fingerprint density at radius 2 is 1.59 bits per heavy atom. The summed E-state index contributed by atoms with van der Waals surface area (Å²) in [4.78, 5) is 24.9. The van der Waals surface area contributed by atoms with Crippen LogP contribution in [0.15, 0.2) is 24.3 Å². The molecule has 0 unspecified atom stereocenters. The quantitative estimate of drug-likeness (QED) is 0.809. The van der Waals surface area contributed by atoms with Crippen molar-refractivity contribution in [3.05, 3.63) is 29.8 Å². The summed E-state index contributed by atoms with van der Waals surface area (Å²) in [6.45, 7) is 6.40. The molecule has 1 aliphatic rings. The molecule has 0 atom stereocenters. The fourth-order valence-electron chi connectivity index (χ4n) is 2.25. The van der Waals surface area contributed by atoms with Gasteiger partial charge < -0.3 is 10.5 Å².